The van der Waals surface area contributed by atoms with Gasteiger partial charge in [-0.3, -0.25) is 0 Å². The fraction of sp³-hybridized carbons (Fsp3) is 1.00. The van der Waals surface area contributed by atoms with Crippen molar-refractivity contribution in [3.05, 3.63) is 0 Å². The molecule has 1 aliphatic carbocycles. The first kappa shape index (κ1) is 14.8. The van der Waals surface area contributed by atoms with Crippen LogP contribution in [0.5, 0.6) is 0 Å². The number of nitrogens with one attached hydrogen (secondary N) is 1. The summed E-state index contributed by atoms with van der Waals surface area (Å²) in [4.78, 5) is 2.73. The minimum absolute atomic E-state index is 0.381. The number of piperidine rings is 1. The largest absolute Gasteiger partial charge is 0.381 e. The zero-order valence-corrected chi connectivity index (χ0v) is 13.3. The van der Waals surface area contributed by atoms with Gasteiger partial charge in [-0.15, -0.1) is 0 Å². The lowest BCUT2D eigenvalue weighted by Gasteiger charge is -2.46. The van der Waals surface area contributed by atoms with Crippen LogP contribution in [0.4, 0.5) is 0 Å². The molecular weight excluding hydrogens is 248 g/mol. The van der Waals surface area contributed by atoms with Crippen molar-refractivity contribution in [3.8, 4) is 0 Å². The predicted octanol–water partition coefficient (Wildman–Crippen LogP) is 2.66. The molecule has 2 heterocycles. The van der Waals surface area contributed by atoms with E-state index in [0.717, 1.165) is 25.2 Å². The van der Waals surface area contributed by atoms with Crippen LogP contribution in [0.3, 0.4) is 0 Å². The molecule has 1 saturated carbocycles. The van der Waals surface area contributed by atoms with E-state index < -0.39 is 0 Å². The molecule has 0 bridgehead atoms. The molecule has 0 aromatic carbocycles. The van der Waals surface area contributed by atoms with Gasteiger partial charge in [-0.2, -0.15) is 0 Å². The summed E-state index contributed by atoms with van der Waals surface area (Å²) in [7, 11) is 2.08. The molecule has 1 N–H and O–H groups in total. The summed E-state index contributed by atoms with van der Waals surface area (Å²) in [5, 5.41) is 3.39. The highest BCUT2D eigenvalue weighted by molar-refractivity contribution is 4.93. The van der Waals surface area contributed by atoms with Crippen molar-refractivity contribution in [2.75, 3.05) is 46.4 Å². The van der Waals surface area contributed by atoms with Crippen molar-refractivity contribution in [1.29, 1.82) is 0 Å². The van der Waals surface area contributed by atoms with Gasteiger partial charge in [-0.1, -0.05) is 19.3 Å². The molecule has 116 valence electrons. The monoisotopic (exact) mass is 280 g/mol. The maximum Gasteiger partial charge on any atom is 0.0547 e. The van der Waals surface area contributed by atoms with E-state index in [1.165, 1.54) is 71.0 Å². The van der Waals surface area contributed by atoms with Crippen LogP contribution in [-0.4, -0.2) is 51.3 Å². The molecule has 2 saturated heterocycles. The summed E-state index contributed by atoms with van der Waals surface area (Å²) in [5.74, 6) is 0. The second kappa shape index (κ2) is 6.33. The molecule has 3 aliphatic rings. The second-order valence-electron chi connectivity index (χ2n) is 7.67. The van der Waals surface area contributed by atoms with Gasteiger partial charge in [0.25, 0.3) is 0 Å². The highest BCUT2D eigenvalue weighted by Gasteiger charge is 2.40. The van der Waals surface area contributed by atoms with Crippen molar-refractivity contribution in [2.45, 2.75) is 51.4 Å². The van der Waals surface area contributed by atoms with Crippen LogP contribution in [0.1, 0.15) is 51.4 Å². The third-order valence-electron chi connectivity index (χ3n) is 6.13. The van der Waals surface area contributed by atoms with E-state index >= 15 is 0 Å². The van der Waals surface area contributed by atoms with E-state index in [9.17, 15) is 0 Å². The van der Waals surface area contributed by atoms with Crippen molar-refractivity contribution in [3.63, 3.8) is 0 Å². The van der Waals surface area contributed by atoms with Gasteiger partial charge in [0, 0.05) is 25.1 Å². The summed E-state index contributed by atoms with van der Waals surface area (Å²) < 4.78 is 5.70. The van der Waals surface area contributed by atoms with Crippen LogP contribution >= 0.6 is 0 Å². The highest BCUT2D eigenvalue weighted by Crippen LogP contribution is 2.45. The predicted molar refractivity (Wildman–Crippen MR) is 83.0 cm³/mol. The van der Waals surface area contributed by atoms with Crippen molar-refractivity contribution >= 4 is 0 Å². The minimum Gasteiger partial charge on any atom is -0.381 e. The molecule has 2 aliphatic heterocycles. The molecule has 3 nitrogen and oxygen atoms in total. The average molecular weight is 280 g/mol. The van der Waals surface area contributed by atoms with E-state index in [4.69, 9.17) is 4.74 Å². The minimum atomic E-state index is 0.381. The molecule has 0 aromatic heterocycles. The topological polar surface area (TPSA) is 24.5 Å². The second-order valence-corrected chi connectivity index (χ2v) is 7.67. The Labute approximate surface area is 124 Å². The average Bonchev–Trinajstić information content (AvgIpc) is 2.92. The Morgan fingerprint density at radius 3 is 2.35 bits per heavy atom. The van der Waals surface area contributed by atoms with Gasteiger partial charge in [0.15, 0.2) is 0 Å². The van der Waals surface area contributed by atoms with Crippen LogP contribution < -0.4 is 5.32 Å². The molecule has 1 spiro atoms. The van der Waals surface area contributed by atoms with Gasteiger partial charge < -0.3 is 15.0 Å². The van der Waals surface area contributed by atoms with Crippen LogP contribution in [0, 0.1) is 10.8 Å². The van der Waals surface area contributed by atoms with Gasteiger partial charge in [-0.05, 0) is 57.7 Å². The van der Waals surface area contributed by atoms with Crippen molar-refractivity contribution in [1.82, 2.24) is 10.2 Å². The van der Waals surface area contributed by atoms with E-state index in [0.29, 0.717) is 5.41 Å². The molecule has 1 unspecified atom stereocenters. The lowest BCUT2D eigenvalue weighted by Crippen LogP contribution is -2.48. The van der Waals surface area contributed by atoms with Gasteiger partial charge in [0.1, 0.15) is 0 Å². The van der Waals surface area contributed by atoms with Gasteiger partial charge in [0.05, 0.1) is 6.61 Å². The van der Waals surface area contributed by atoms with Crippen molar-refractivity contribution < 1.29 is 4.74 Å². The van der Waals surface area contributed by atoms with E-state index in [1.807, 2.05) is 0 Å². The van der Waals surface area contributed by atoms with E-state index in [-0.39, 0.29) is 0 Å². The Hall–Kier alpha value is -0.120. The summed E-state index contributed by atoms with van der Waals surface area (Å²) in [6.45, 7) is 6.91. The Balaban J connectivity index is 1.52. The van der Waals surface area contributed by atoms with E-state index in [1.54, 1.807) is 0 Å². The van der Waals surface area contributed by atoms with Crippen LogP contribution in [0.15, 0.2) is 0 Å². The third kappa shape index (κ3) is 3.20. The Morgan fingerprint density at radius 2 is 1.75 bits per heavy atom. The smallest absolute Gasteiger partial charge is 0.0547 e. The molecule has 0 aromatic rings. The number of rotatable bonds is 4. The molecule has 1 atom stereocenters. The molecular formula is C17H32N2O. The van der Waals surface area contributed by atoms with Crippen LogP contribution in [0.2, 0.25) is 0 Å². The molecule has 3 heteroatoms. The van der Waals surface area contributed by atoms with Gasteiger partial charge in [0.2, 0.25) is 0 Å². The first-order valence-electron chi connectivity index (χ1n) is 8.71. The Bertz CT molecular complexity index is 296. The normalized spacial score (nSPS) is 34.6. The Morgan fingerprint density at radius 1 is 1.00 bits per heavy atom. The zero-order chi connectivity index (χ0) is 13.9. The van der Waals surface area contributed by atoms with Crippen LogP contribution in [0.25, 0.3) is 0 Å². The fourth-order valence-corrected chi connectivity index (χ4v) is 4.81. The quantitative estimate of drug-likeness (QED) is 0.857. The van der Waals surface area contributed by atoms with Crippen LogP contribution in [-0.2, 0) is 4.74 Å². The molecule has 20 heavy (non-hydrogen) atoms. The summed E-state index contributed by atoms with van der Waals surface area (Å²) in [6, 6.07) is 0. The third-order valence-corrected chi connectivity index (χ3v) is 6.13. The molecule has 0 amide bonds. The maximum atomic E-state index is 5.70. The number of ether oxygens (including phenoxy) is 1. The van der Waals surface area contributed by atoms with E-state index in [2.05, 4.69) is 17.3 Å². The maximum absolute atomic E-state index is 5.70. The summed E-state index contributed by atoms with van der Waals surface area (Å²) in [6.07, 6.45) is 11.6. The number of hydrogen-bond donors (Lipinski definition) is 1. The summed E-state index contributed by atoms with van der Waals surface area (Å²) >= 11 is 0. The lowest BCUT2D eigenvalue weighted by molar-refractivity contribution is 0.0374. The standard InChI is InChI=1S/C17H32N2O/c1-18-13-17(9-12-20-15-17)14-19-10-7-16(8-11-19)5-3-2-4-6-16/h18H,2-15H2,1H3. The first-order valence-corrected chi connectivity index (χ1v) is 8.71. The SMILES string of the molecule is CNCC1(CN2CCC3(CCCCC3)CC2)CCOC1. The number of likely N-dealkylation sites (tertiary alicyclic amines) is 1. The number of hydrogen-bond acceptors (Lipinski definition) is 3. The first-order chi connectivity index (χ1) is 9.76. The summed E-state index contributed by atoms with van der Waals surface area (Å²) in [5.41, 5.74) is 1.11. The highest BCUT2D eigenvalue weighted by atomic mass is 16.5. The lowest BCUT2D eigenvalue weighted by atomic mass is 9.68. The molecule has 3 fully saturated rings. The Kier molecular flexibility index (Phi) is 4.68. The van der Waals surface area contributed by atoms with Gasteiger partial charge in [-0.25, -0.2) is 0 Å². The number of nitrogens with zero attached hydrogens (tertiary/aromatic N) is 1. The van der Waals surface area contributed by atoms with Gasteiger partial charge >= 0.3 is 0 Å². The fourth-order valence-electron chi connectivity index (χ4n) is 4.81. The molecule has 3 rings (SSSR count). The van der Waals surface area contributed by atoms with Crippen molar-refractivity contribution in [2.24, 2.45) is 10.8 Å². The zero-order valence-electron chi connectivity index (χ0n) is 13.3. The molecule has 0 radical (unpaired) electrons.